The summed E-state index contributed by atoms with van der Waals surface area (Å²) in [5, 5.41) is 7.28. The molecule has 1 aliphatic heterocycles. The van der Waals surface area contributed by atoms with Crippen molar-refractivity contribution < 1.29 is 0 Å². The maximum atomic E-state index is 4.87. The van der Waals surface area contributed by atoms with Crippen LogP contribution in [-0.2, 0) is 6.42 Å². The highest BCUT2D eigenvalue weighted by molar-refractivity contribution is 7.09. The highest BCUT2D eigenvalue weighted by Gasteiger charge is 2.22. The molecule has 3 nitrogen and oxygen atoms in total. The molecule has 1 atom stereocenters. The van der Waals surface area contributed by atoms with Gasteiger partial charge in [-0.1, -0.05) is 12.8 Å². The van der Waals surface area contributed by atoms with Gasteiger partial charge in [0, 0.05) is 43.4 Å². The number of hydrogen-bond acceptors (Lipinski definition) is 4. The van der Waals surface area contributed by atoms with Gasteiger partial charge in [0.25, 0.3) is 0 Å². The summed E-state index contributed by atoms with van der Waals surface area (Å²) in [6, 6.07) is 0.585. The minimum absolute atomic E-state index is 0.585. The average Bonchev–Trinajstić information content (AvgIpc) is 2.98. The Bertz CT molecular complexity index is 384. The number of nitrogens with zero attached hydrogens (tertiary/aromatic N) is 2. The number of nitrogens with one attached hydrogen (secondary N) is 1. The number of hydrogen-bond donors (Lipinski definition) is 1. The molecule has 2 aliphatic rings. The molecule has 1 N–H and O–H groups in total. The summed E-state index contributed by atoms with van der Waals surface area (Å²) in [6.07, 6.45) is 6.60. The smallest absolute Gasteiger partial charge is 0.0959 e. The van der Waals surface area contributed by atoms with Crippen molar-refractivity contribution in [3.63, 3.8) is 0 Å². The van der Waals surface area contributed by atoms with E-state index in [0.717, 1.165) is 25.4 Å². The highest BCUT2D eigenvalue weighted by Crippen LogP contribution is 2.35. The highest BCUT2D eigenvalue weighted by atomic mass is 32.1. The predicted octanol–water partition coefficient (Wildman–Crippen LogP) is 2.25. The first-order valence-corrected chi connectivity index (χ1v) is 8.05. The molecule has 2 fully saturated rings. The Morgan fingerprint density at radius 2 is 2.28 bits per heavy atom. The molecule has 0 spiro atoms. The molecule has 100 valence electrons. The molecule has 0 amide bonds. The van der Waals surface area contributed by atoms with E-state index in [0.29, 0.717) is 6.04 Å². The number of likely N-dealkylation sites (N-methyl/N-ethyl adjacent to an activating group) is 1. The fourth-order valence-electron chi connectivity index (χ4n) is 3.16. The van der Waals surface area contributed by atoms with Crippen molar-refractivity contribution in [2.24, 2.45) is 0 Å². The molecule has 0 bridgehead atoms. The monoisotopic (exact) mass is 265 g/mol. The van der Waals surface area contributed by atoms with Gasteiger partial charge in [0.2, 0.25) is 0 Å². The maximum Gasteiger partial charge on any atom is 0.0959 e. The summed E-state index contributed by atoms with van der Waals surface area (Å²) in [5.41, 5.74) is 1.30. The lowest BCUT2D eigenvalue weighted by atomic mass is 10.1. The minimum atomic E-state index is 0.585. The second-order valence-electron chi connectivity index (χ2n) is 5.78. The summed E-state index contributed by atoms with van der Waals surface area (Å²) in [7, 11) is 2.21. The van der Waals surface area contributed by atoms with E-state index < -0.39 is 0 Å². The Kier molecular flexibility index (Phi) is 3.97. The van der Waals surface area contributed by atoms with Gasteiger partial charge in [0.05, 0.1) is 10.7 Å². The largest absolute Gasteiger partial charge is 0.311 e. The zero-order valence-electron chi connectivity index (χ0n) is 11.2. The summed E-state index contributed by atoms with van der Waals surface area (Å²) in [6.45, 7) is 3.43. The van der Waals surface area contributed by atoms with E-state index in [1.54, 1.807) is 0 Å². The van der Waals surface area contributed by atoms with Crippen molar-refractivity contribution in [1.82, 2.24) is 15.2 Å². The van der Waals surface area contributed by atoms with Crippen LogP contribution in [0.1, 0.15) is 42.3 Å². The minimum Gasteiger partial charge on any atom is -0.311 e. The Morgan fingerprint density at radius 1 is 1.44 bits per heavy atom. The fraction of sp³-hybridized carbons (Fsp3) is 0.786. The third kappa shape index (κ3) is 2.92. The van der Waals surface area contributed by atoms with Gasteiger partial charge in [-0.15, -0.1) is 11.3 Å². The molecule has 3 rings (SSSR count). The topological polar surface area (TPSA) is 28.2 Å². The van der Waals surface area contributed by atoms with Crippen molar-refractivity contribution in [3.05, 3.63) is 16.1 Å². The second-order valence-corrected chi connectivity index (χ2v) is 6.67. The summed E-state index contributed by atoms with van der Waals surface area (Å²) in [4.78, 5) is 7.28. The fourth-order valence-corrected chi connectivity index (χ4v) is 4.16. The van der Waals surface area contributed by atoms with E-state index in [2.05, 4.69) is 22.6 Å². The zero-order chi connectivity index (χ0) is 12.4. The van der Waals surface area contributed by atoms with Gasteiger partial charge in [0.15, 0.2) is 0 Å². The molecular weight excluding hydrogens is 242 g/mol. The van der Waals surface area contributed by atoms with Gasteiger partial charge in [-0.05, 0) is 19.9 Å². The third-order valence-corrected chi connectivity index (χ3v) is 5.24. The van der Waals surface area contributed by atoms with Crippen molar-refractivity contribution in [1.29, 1.82) is 0 Å². The molecular formula is C14H23N3S. The van der Waals surface area contributed by atoms with Crippen LogP contribution in [-0.4, -0.2) is 42.6 Å². The molecule has 1 saturated carbocycles. The standard InChI is InChI=1S/C14H23N3S/c1-17-7-6-15-12(9-17)8-13-10-18-14(16-13)11-4-2-3-5-11/h10-12,15H,2-9H2,1H3. The maximum absolute atomic E-state index is 4.87. The van der Waals surface area contributed by atoms with Crippen LogP contribution in [0.5, 0.6) is 0 Å². The van der Waals surface area contributed by atoms with E-state index in [1.165, 1.54) is 42.9 Å². The Labute approximate surface area is 114 Å². The molecule has 2 heterocycles. The number of rotatable bonds is 3. The summed E-state index contributed by atoms with van der Waals surface area (Å²) < 4.78 is 0. The lowest BCUT2D eigenvalue weighted by molar-refractivity contribution is 0.237. The van der Waals surface area contributed by atoms with Gasteiger partial charge in [-0.25, -0.2) is 4.98 Å². The van der Waals surface area contributed by atoms with E-state index in [4.69, 9.17) is 4.98 Å². The summed E-state index contributed by atoms with van der Waals surface area (Å²) in [5.74, 6) is 0.769. The van der Waals surface area contributed by atoms with Crippen molar-refractivity contribution in [3.8, 4) is 0 Å². The Hall–Kier alpha value is -0.450. The van der Waals surface area contributed by atoms with Gasteiger partial charge < -0.3 is 10.2 Å². The van der Waals surface area contributed by atoms with Gasteiger partial charge in [-0.2, -0.15) is 0 Å². The molecule has 18 heavy (non-hydrogen) atoms. The normalized spacial score (nSPS) is 26.8. The molecule has 1 aromatic heterocycles. The van der Waals surface area contributed by atoms with Gasteiger partial charge in [-0.3, -0.25) is 0 Å². The van der Waals surface area contributed by atoms with Crippen LogP contribution in [0, 0.1) is 0 Å². The van der Waals surface area contributed by atoms with Crippen LogP contribution in [0.2, 0.25) is 0 Å². The number of piperazine rings is 1. The lowest BCUT2D eigenvalue weighted by Crippen LogP contribution is -2.49. The van der Waals surface area contributed by atoms with Crippen LogP contribution in [0.15, 0.2) is 5.38 Å². The number of thiazole rings is 1. The van der Waals surface area contributed by atoms with E-state index in [1.807, 2.05) is 11.3 Å². The lowest BCUT2D eigenvalue weighted by Gasteiger charge is -2.30. The first kappa shape index (κ1) is 12.6. The van der Waals surface area contributed by atoms with Crippen LogP contribution in [0.3, 0.4) is 0 Å². The molecule has 1 aliphatic carbocycles. The third-order valence-electron chi connectivity index (χ3n) is 4.19. The summed E-state index contributed by atoms with van der Waals surface area (Å²) >= 11 is 1.88. The van der Waals surface area contributed by atoms with Crippen molar-refractivity contribution in [2.75, 3.05) is 26.7 Å². The predicted molar refractivity (Wildman–Crippen MR) is 76.3 cm³/mol. The van der Waals surface area contributed by atoms with E-state index >= 15 is 0 Å². The van der Waals surface area contributed by atoms with Crippen LogP contribution in [0.4, 0.5) is 0 Å². The molecule has 0 aromatic carbocycles. The quantitative estimate of drug-likeness (QED) is 0.908. The molecule has 1 aromatic rings. The van der Waals surface area contributed by atoms with E-state index in [-0.39, 0.29) is 0 Å². The van der Waals surface area contributed by atoms with E-state index in [9.17, 15) is 0 Å². The molecule has 0 radical (unpaired) electrons. The second kappa shape index (κ2) is 5.68. The Balaban J connectivity index is 1.59. The first-order valence-electron chi connectivity index (χ1n) is 7.17. The SMILES string of the molecule is CN1CCNC(Cc2csc(C3CCCC3)n2)C1. The van der Waals surface area contributed by atoms with Gasteiger partial charge >= 0.3 is 0 Å². The number of aromatic nitrogens is 1. The Morgan fingerprint density at radius 3 is 3.06 bits per heavy atom. The molecule has 4 heteroatoms. The average molecular weight is 265 g/mol. The first-order chi connectivity index (χ1) is 8.81. The van der Waals surface area contributed by atoms with Crippen LogP contribution in [0.25, 0.3) is 0 Å². The van der Waals surface area contributed by atoms with Gasteiger partial charge in [0.1, 0.15) is 0 Å². The van der Waals surface area contributed by atoms with Crippen LogP contribution >= 0.6 is 11.3 Å². The van der Waals surface area contributed by atoms with Crippen molar-refractivity contribution >= 4 is 11.3 Å². The van der Waals surface area contributed by atoms with Crippen molar-refractivity contribution in [2.45, 2.75) is 44.1 Å². The zero-order valence-corrected chi connectivity index (χ0v) is 12.0. The molecule has 1 unspecified atom stereocenters. The molecule has 1 saturated heterocycles. The van der Waals surface area contributed by atoms with Crippen LogP contribution < -0.4 is 5.32 Å².